The molecule has 4 aliphatic rings. The zero-order chi connectivity index (χ0) is 24.0. The number of β-lactam (4-membered cyclic amide) rings is 1. The average Bonchev–Trinajstić information content (AvgIpc) is 3.10. The Bertz CT molecular complexity index is 879. The van der Waals surface area contributed by atoms with E-state index < -0.39 is 18.0 Å². The van der Waals surface area contributed by atoms with E-state index in [4.69, 9.17) is 5.41 Å². The highest BCUT2D eigenvalue weighted by Crippen LogP contribution is 2.52. The lowest BCUT2D eigenvalue weighted by atomic mass is 9.79. The summed E-state index contributed by atoms with van der Waals surface area (Å²) in [6.45, 7) is 6.86. The van der Waals surface area contributed by atoms with Gasteiger partial charge in [-0.3, -0.25) is 19.9 Å². The Balaban J connectivity index is 1.46. The predicted molar refractivity (Wildman–Crippen MR) is 124 cm³/mol. The summed E-state index contributed by atoms with van der Waals surface area (Å²) < 4.78 is 0. The van der Waals surface area contributed by atoms with Crippen LogP contribution in [0, 0.1) is 17.2 Å². The minimum atomic E-state index is -1.12. The number of carboxylic acids is 1. The number of amides is 2. The SMILES string of the molecule is CC(O)C1C(=O)N2C(C(=O)O)=C(SC3CC(C(=O)N4CCCN(C=N)CC4)N(C)C3)C(C)[C@@H]12. The average molecular weight is 480 g/mol. The molecule has 0 saturated carbocycles. The largest absolute Gasteiger partial charge is 0.477 e. The van der Waals surface area contributed by atoms with E-state index in [9.17, 15) is 24.6 Å². The zero-order valence-corrected chi connectivity index (χ0v) is 20.1. The first-order valence-corrected chi connectivity index (χ1v) is 12.4. The van der Waals surface area contributed by atoms with Crippen LogP contribution < -0.4 is 0 Å². The van der Waals surface area contributed by atoms with Gasteiger partial charge in [-0.25, -0.2) is 4.79 Å². The van der Waals surface area contributed by atoms with Gasteiger partial charge in [0.05, 0.1) is 30.4 Å². The smallest absolute Gasteiger partial charge is 0.353 e. The van der Waals surface area contributed by atoms with Crippen LogP contribution in [0.15, 0.2) is 10.6 Å². The standard InChI is InChI=1S/C22H33N5O5S/c1-12-17-16(13(2)28)21(30)27(17)18(22(31)32)19(12)33-14-9-15(24(3)10-14)20(29)26-6-4-5-25(11-23)7-8-26/h11-17,23,28H,4-10H2,1-3H3,(H,31,32)/t12?,13?,14?,15?,16?,17-/m0/s1. The highest BCUT2D eigenvalue weighted by Gasteiger charge is 2.60. The molecular weight excluding hydrogens is 446 g/mol. The number of aliphatic hydroxyl groups is 1. The van der Waals surface area contributed by atoms with Crippen LogP contribution in [0.1, 0.15) is 26.7 Å². The Labute approximate surface area is 198 Å². The van der Waals surface area contributed by atoms with Crippen molar-refractivity contribution in [3.05, 3.63) is 10.6 Å². The summed E-state index contributed by atoms with van der Waals surface area (Å²) >= 11 is 1.48. The van der Waals surface area contributed by atoms with E-state index in [0.717, 1.165) is 13.0 Å². The minimum Gasteiger partial charge on any atom is -0.477 e. The molecule has 0 aromatic carbocycles. The van der Waals surface area contributed by atoms with E-state index >= 15 is 0 Å². The van der Waals surface area contributed by atoms with Crippen LogP contribution in [0.5, 0.6) is 0 Å². The third-order valence-corrected chi connectivity index (χ3v) is 8.92. The number of hydrogen-bond acceptors (Lipinski definition) is 7. The molecular formula is C22H33N5O5S. The van der Waals surface area contributed by atoms with Crippen molar-refractivity contribution in [1.29, 1.82) is 5.41 Å². The maximum absolute atomic E-state index is 13.3. The number of hydrogen-bond donors (Lipinski definition) is 3. The van der Waals surface area contributed by atoms with Gasteiger partial charge < -0.3 is 24.9 Å². The van der Waals surface area contributed by atoms with Gasteiger partial charge in [0.25, 0.3) is 0 Å². The third-order valence-electron chi connectivity index (χ3n) is 7.42. The van der Waals surface area contributed by atoms with Crippen molar-refractivity contribution in [1.82, 2.24) is 19.6 Å². The summed E-state index contributed by atoms with van der Waals surface area (Å²) in [6.07, 6.45) is 1.95. The molecule has 0 radical (unpaired) electrons. The van der Waals surface area contributed by atoms with Crippen molar-refractivity contribution in [2.45, 2.75) is 50.1 Å². The van der Waals surface area contributed by atoms with Crippen molar-refractivity contribution < 1.29 is 24.6 Å². The molecule has 3 fully saturated rings. The summed E-state index contributed by atoms with van der Waals surface area (Å²) in [6, 6.07) is -0.583. The van der Waals surface area contributed by atoms with E-state index in [1.165, 1.54) is 23.0 Å². The van der Waals surface area contributed by atoms with E-state index in [1.54, 1.807) is 6.92 Å². The van der Waals surface area contributed by atoms with Gasteiger partial charge in [0, 0.05) is 48.8 Å². The molecule has 4 heterocycles. The summed E-state index contributed by atoms with van der Waals surface area (Å²) in [5.74, 6) is -2.10. The van der Waals surface area contributed by atoms with E-state index in [0.29, 0.717) is 37.5 Å². The number of likely N-dealkylation sites (tertiary alicyclic amines) is 1. The van der Waals surface area contributed by atoms with Crippen LogP contribution in [0.2, 0.25) is 0 Å². The van der Waals surface area contributed by atoms with Crippen LogP contribution in [0.3, 0.4) is 0 Å². The summed E-state index contributed by atoms with van der Waals surface area (Å²) in [7, 11) is 1.93. The van der Waals surface area contributed by atoms with E-state index in [-0.39, 0.29) is 40.8 Å². The lowest BCUT2D eigenvalue weighted by molar-refractivity contribution is -0.163. The molecule has 0 spiro atoms. The monoisotopic (exact) mass is 479 g/mol. The quantitative estimate of drug-likeness (QED) is 0.278. The molecule has 3 saturated heterocycles. The Hall–Kier alpha value is -2.11. The van der Waals surface area contributed by atoms with Gasteiger partial charge in [-0.15, -0.1) is 11.8 Å². The predicted octanol–water partition coefficient (Wildman–Crippen LogP) is 0.0874. The maximum Gasteiger partial charge on any atom is 0.353 e. The molecule has 3 N–H and O–H groups in total. The Morgan fingerprint density at radius 1 is 1.24 bits per heavy atom. The Morgan fingerprint density at radius 3 is 2.61 bits per heavy atom. The molecule has 10 nitrogen and oxygen atoms in total. The normalized spacial score (nSPS) is 33.6. The fourth-order valence-electron chi connectivity index (χ4n) is 5.68. The highest BCUT2D eigenvalue weighted by atomic mass is 32.2. The molecule has 11 heteroatoms. The topological polar surface area (TPSA) is 128 Å². The van der Waals surface area contributed by atoms with Gasteiger partial charge in [0.2, 0.25) is 11.8 Å². The van der Waals surface area contributed by atoms with Crippen LogP contribution in [0.25, 0.3) is 0 Å². The number of nitrogens with zero attached hydrogens (tertiary/aromatic N) is 4. The fraction of sp³-hybridized carbons (Fsp3) is 0.727. The molecule has 0 aromatic rings. The number of carbonyl (C=O) groups excluding carboxylic acids is 2. The molecule has 4 aliphatic heterocycles. The number of rotatable bonds is 6. The van der Waals surface area contributed by atoms with Gasteiger partial charge >= 0.3 is 5.97 Å². The number of fused-ring (bicyclic) bond motifs is 1. The van der Waals surface area contributed by atoms with Crippen LogP contribution in [-0.2, 0) is 14.4 Å². The molecule has 4 rings (SSSR count). The fourth-order valence-corrected chi connectivity index (χ4v) is 7.28. The maximum atomic E-state index is 13.3. The molecule has 182 valence electrons. The molecule has 2 amide bonds. The zero-order valence-electron chi connectivity index (χ0n) is 19.3. The van der Waals surface area contributed by atoms with Gasteiger partial charge in [0.15, 0.2) is 0 Å². The summed E-state index contributed by atoms with van der Waals surface area (Å²) in [5, 5.41) is 27.4. The minimum absolute atomic E-state index is 0.0380. The Kier molecular flexibility index (Phi) is 6.75. The number of aliphatic hydroxyl groups excluding tert-OH is 1. The molecule has 0 aromatic heterocycles. The van der Waals surface area contributed by atoms with Crippen molar-refractivity contribution in [2.75, 3.05) is 39.8 Å². The number of likely N-dealkylation sites (N-methyl/N-ethyl adjacent to an activating group) is 1. The number of thioether (sulfide) groups is 1. The second-order valence-corrected chi connectivity index (χ2v) is 10.9. The molecule has 5 unspecified atom stereocenters. The molecule has 33 heavy (non-hydrogen) atoms. The Morgan fingerprint density at radius 2 is 1.97 bits per heavy atom. The number of nitrogens with one attached hydrogen (secondary N) is 1. The van der Waals surface area contributed by atoms with E-state index in [2.05, 4.69) is 0 Å². The van der Waals surface area contributed by atoms with Crippen LogP contribution in [0.4, 0.5) is 0 Å². The van der Waals surface area contributed by atoms with Crippen molar-refractivity contribution in [3.63, 3.8) is 0 Å². The first-order valence-electron chi connectivity index (χ1n) is 11.5. The lowest BCUT2D eigenvalue weighted by Crippen LogP contribution is -2.63. The summed E-state index contributed by atoms with van der Waals surface area (Å²) in [5.41, 5.74) is 0.0380. The number of carboxylic acid groups (broad SMARTS) is 1. The first kappa shape index (κ1) is 24.0. The van der Waals surface area contributed by atoms with E-state index in [1.807, 2.05) is 28.7 Å². The van der Waals surface area contributed by atoms with Gasteiger partial charge in [-0.1, -0.05) is 6.92 Å². The molecule has 6 atom stereocenters. The second kappa shape index (κ2) is 9.27. The van der Waals surface area contributed by atoms with Gasteiger partial charge in [-0.05, 0) is 26.8 Å². The molecule has 0 bridgehead atoms. The lowest BCUT2D eigenvalue weighted by Gasteiger charge is -2.46. The first-order chi connectivity index (χ1) is 15.6. The van der Waals surface area contributed by atoms with Crippen molar-refractivity contribution in [2.24, 2.45) is 11.8 Å². The van der Waals surface area contributed by atoms with Gasteiger partial charge in [-0.2, -0.15) is 0 Å². The molecule has 0 aliphatic carbocycles. The second-order valence-electron chi connectivity index (χ2n) is 9.55. The number of aliphatic carboxylic acids is 1. The highest BCUT2D eigenvalue weighted by molar-refractivity contribution is 8.03. The third kappa shape index (κ3) is 4.15. The van der Waals surface area contributed by atoms with Crippen molar-refractivity contribution in [3.8, 4) is 0 Å². The van der Waals surface area contributed by atoms with Crippen LogP contribution >= 0.6 is 11.8 Å². The number of carbonyl (C=O) groups is 3. The summed E-state index contributed by atoms with van der Waals surface area (Å²) in [4.78, 5) is 45.7. The van der Waals surface area contributed by atoms with Crippen LogP contribution in [-0.4, -0.2) is 117 Å². The van der Waals surface area contributed by atoms with Gasteiger partial charge in [0.1, 0.15) is 5.70 Å². The van der Waals surface area contributed by atoms with Crippen molar-refractivity contribution >= 4 is 35.9 Å².